The molecular weight excluding hydrogens is 379 g/mol. The number of carbonyl (C=O) groups excluding carboxylic acids is 1. The highest BCUT2D eigenvalue weighted by Crippen LogP contribution is 2.35. The maximum absolute atomic E-state index is 13.2. The lowest BCUT2D eigenvalue weighted by molar-refractivity contribution is -0.125. The van der Waals surface area contributed by atoms with Crippen molar-refractivity contribution >= 4 is 15.9 Å². The number of halogens is 1. The monoisotopic (exact) mass is 403 g/mol. The van der Waals surface area contributed by atoms with E-state index in [0.717, 1.165) is 56.2 Å². The van der Waals surface area contributed by atoms with E-state index < -0.39 is 15.8 Å². The maximum atomic E-state index is 13.2. The number of fused-ring (bicyclic) bond motifs is 1. The zero-order chi connectivity index (χ0) is 19.7. The van der Waals surface area contributed by atoms with Gasteiger partial charge >= 0.3 is 0 Å². The fraction of sp³-hybridized carbons (Fsp3) is 0.429. The van der Waals surface area contributed by atoms with Crippen molar-refractivity contribution in [2.24, 2.45) is 5.92 Å². The Hall–Kier alpha value is -2.15. The van der Waals surface area contributed by atoms with Crippen molar-refractivity contribution in [2.75, 3.05) is 6.54 Å². The van der Waals surface area contributed by atoms with Crippen LogP contribution in [0.5, 0.6) is 0 Å². The number of allylic oxidation sites excluding steroid dienone is 1. The molecule has 1 aliphatic heterocycles. The Morgan fingerprint density at radius 2 is 1.82 bits per heavy atom. The van der Waals surface area contributed by atoms with Crippen LogP contribution in [0.3, 0.4) is 0 Å². The van der Waals surface area contributed by atoms with Gasteiger partial charge in [-0.2, -0.15) is 0 Å². The molecule has 1 saturated heterocycles. The first kappa shape index (κ1) is 19.2. The van der Waals surface area contributed by atoms with E-state index >= 15 is 0 Å². The predicted octanol–water partition coefficient (Wildman–Crippen LogP) is 3.31. The van der Waals surface area contributed by atoms with E-state index in [2.05, 4.69) is 5.32 Å². The molecule has 149 valence electrons. The Morgan fingerprint density at radius 3 is 2.54 bits per heavy atom. The zero-order valence-electron chi connectivity index (χ0n) is 15.6. The quantitative estimate of drug-likeness (QED) is 0.839. The summed E-state index contributed by atoms with van der Waals surface area (Å²) in [4.78, 5) is 12.5. The summed E-state index contributed by atoms with van der Waals surface area (Å²) in [6.45, 7) is 0.367. The van der Waals surface area contributed by atoms with Gasteiger partial charge < -0.3 is 5.32 Å². The van der Waals surface area contributed by atoms with Crippen LogP contribution in [0.25, 0.3) is 0 Å². The van der Waals surface area contributed by atoms with Gasteiger partial charge in [0.1, 0.15) is 5.82 Å². The molecule has 1 atom stereocenters. The second-order valence-electron chi connectivity index (χ2n) is 7.59. The van der Waals surface area contributed by atoms with Crippen molar-refractivity contribution in [3.63, 3.8) is 0 Å². The van der Waals surface area contributed by atoms with Crippen LogP contribution < -0.4 is 5.32 Å². The molecule has 2 aliphatic carbocycles. The summed E-state index contributed by atoms with van der Waals surface area (Å²) in [5, 5.41) is 3.03. The fourth-order valence-electron chi connectivity index (χ4n) is 4.17. The van der Waals surface area contributed by atoms with Crippen molar-refractivity contribution in [3.8, 4) is 0 Å². The summed E-state index contributed by atoms with van der Waals surface area (Å²) >= 11 is 0. The lowest BCUT2D eigenvalue weighted by atomic mass is 9.93. The Balaban J connectivity index is 1.58. The average Bonchev–Trinajstić information content (AvgIpc) is 3.23. The topological polar surface area (TPSA) is 66.5 Å². The van der Waals surface area contributed by atoms with Crippen LogP contribution in [-0.4, -0.2) is 31.2 Å². The van der Waals surface area contributed by atoms with E-state index in [0.29, 0.717) is 12.2 Å². The number of nitrogens with one attached hydrogen (secondary N) is 1. The highest BCUT2D eigenvalue weighted by atomic mass is 32.2. The predicted molar refractivity (Wildman–Crippen MR) is 104 cm³/mol. The molecule has 4 rings (SSSR count). The lowest BCUT2D eigenvalue weighted by Gasteiger charge is -2.35. The third-order valence-corrected chi connectivity index (χ3v) is 7.51. The molecule has 1 amide bonds. The van der Waals surface area contributed by atoms with E-state index in [9.17, 15) is 17.6 Å². The third kappa shape index (κ3) is 3.72. The molecular formula is C21H24FN2O3S. The van der Waals surface area contributed by atoms with Gasteiger partial charge in [-0.1, -0.05) is 18.9 Å². The summed E-state index contributed by atoms with van der Waals surface area (Å²) in [6, 6.07) is 4.56. The van der Waals surface area contributed by atoms with Gasteiger partial charge in [0.05, 0.1) is 16.6 Å². The first-order valence-corrected chi connectivity index (χ1v) is 11.2. The number of rotatable bonds is 4. The zero-order valence-corrected chi connectivity index (χ0v) is 16.4. The SMILES string of the molecule is O=C(NC1[CH]C=C2CCCN(S(=O)(=O)c3ccc(F)cc3)C2=C1)C1CCCC1. The molecule has 5 nitrogen and oxygen atoms in total. The van der Waals surface area contributed by atoms with Crippen molar-refractivity contribution in [2.45, 2.75) is 49.5 Å². The van der Waals surface area contributed by atoms with Crippen molar-refractivity contribution < 1.29 is 17.6 Å². The summed E-state index contributed by atoms with van der Waals surface area (Å²) in [5.41, 5.74) is 1.57. The van der Waals surface area contributed by atoms with Gasteiger partial charge in [-0.3, -0.25) is 9.10 Å². The molecule has 1 N–H and O–H groups in total. The molecule has 0 spiro atoms. The molecule has 0 aromatic heterocycles. The molecule has 1 saturated carbocycles. The number of nitrogens with zero attached hydrogens (tertiary/aromatic N) is 1. The third-order valence-electron chi connectivity index (χ3n) is 5.68. The number of amides is 1. The minimum Gasteiger partial charge on any atom is -0.349 e. The van der Waals surface area contributed by atoms with Gasteiger partial charge in [-0.25, -0.2) is 12.8 Å². The molecule has 28 heavy (non-hydrogen) atoms. The van der Waals surface area contributed by atoms with Crippen LogP contribution >= 0.6 is 0 Å². The average molecular weight is 403 g/mol. The van der Waals surface area contributed by atoms with Gasteiger partial charge in [-0.15, -0.1) is 0 Å². The normalized spacial score (nSPS) is 23.0. The summed E-state index contributed by atoms with van der Waals surface area (Å²) < 4.78 is 40.9. The minimum absolute atomic E-state index is 0.0381. The Morgan fingerprint density at radius 1 is 1.11 bits per heavy atom. The number of hydrogen-bond donors (Lipinski definition) is 1. The van der Waals surface area contributed by atoms with Crippen LogP contribution in [0.1, 0.15) is 38.5 Å². The van der Waals surface area contributed by atoms with Crippen molar-refractivity contribution in [3.05, 3.63) is 59.9 Å². The van der Waals surface area contributed by atoms with Crippen LogP contribution in [0.15, 0.2) is 52.6 Å². The number of piperidine rings is 1. The van der Waals surface area contributed by atoms with Crippen LogP contribution in [-0.2, 0) is 14.8 Å². The van der Waals surface area contributed by atoms with Crippen molar-refractivity contribution in [1.29, 1.82) is 0 Å². The first-order chi connectivity index (χ1) is 13.4. The summed E-state index contributed by atoms with van der Waals surface area (Å²) in [6.07, 6.45) is 11.2. The smallest absolute Gasteiger partial charge is 0.264 e. The van der Waals surface area contributed by atoms with Crippen LogP contribution in [0.4, 0.5) is 4.39 Å². The van der Waals surface area contributed by atoms with Crippen molar-refractivity contribution in [1.82, 2.24) is 9.62 Å². The van der Waals surface area contributed by atoms with E-state index in [1.165, 1.54) is 16.4 Å². The van der Waals surface area contributed by atoms with E-state index in [-0.39, 0.29) is 22.8 Å². The molecule has 0 bridgehead atoms. The number of carbonyl (C=O) groups is 1. The van der Waals surface area contributed by atoms with Gasteiger partial charge in [0.2, 0.25) is 5.91 Å². The summed E-state index contributed by atoms with van der Waals surface area (Å²) in [7, 11) is -3.79. The highest BCUT2D eigenvalue weighted by Gasteiger charge is 2.34. The van der Waals surface area contributed by atoms with Gasteiger partial charge in [-0.05, 0) is 61.6 Å². The molecule has 1 aromatic rings. The van der Waals surface area contributed by atoms with E-state index in [1.807, 2.05) is 18.6 Å². The van der Waals surface area contributed by atoms with Crippen LogP contribution in [0, 0.1) is 18.2 Å². The van der Waals surface area contributed by atoms with Crippen LogP contribution in [0.2, 0.25) is 0 Å². The molecule has 1 unspecified atom stereocenters. The number of benzene rings is 1. The van der Waals surface area contributed by atoms with Gasteiger partial charge in [0.15, 0.2) is 0 Å². The highest BCUT2D eigenvalue weighted by molar-refractivity contribution is 7.89. The first-order valence-electron chi connectivity index (χ1n) is 9.80. The number of sulfonamides is 1. The second kappa shape index (κ2) is 7.70. The summed E-state index contributed by atoms with van der Waals surface area (Å²) in [5.74, 6) is -0.377. The molecule has 1 radical (unpaired) electrons. The molecule has 1 aromatic carbocycles. The molecule has 2 fully saturated rings. The Labute approximate surface area is 165 Å². The Kier molecular flexibility index (Phi) is 5.27. The lowest BCUT2D eigenvalue weighted by Crippen LogP contribution is -2.42. The second-order valence-corrected chi connectivity index (χ2v) is 9.45. The van der Waals surface area contributed by atoms with E-state index in [4.69, 9.17) is 0 Å². The standard InChI is InChI=1S/C21H24FN2O3S/c22-17-8-11-19(12-9-17)28(26,27)24-13-3-6-15-7-10-18(14-20(15)24)23-21(25)16-4-1-2-5-16/h7-12,14,16,18H,1-6,13H2,(H,23,25). The largest absolute Gasteiger partial charge is 0.349 e. The minimum atomic E-state index is -3.79. The molecule has 7 heteroatoms. The van der Waals surface area contributed by atoms with E-state index in [1.54, 1.807) is 0 Å². The Bertz CT molecular complexity index is 915. The van der Waals surface area contributed by atoms with Gasteiger partial charge in [0, 0.05) is 18.9 Å². The fourth-order valence-corrected chi connectivity index (χ4v) is 5.71. The molecule has 3 aliphatic rings. The maximum Gasteiger partial charge on any atom is 0.264 e. The number of hydrogen-bond acceptors (Lipinski definition) is 3. The molecule has 1 heterocycles. The van der Waals surface area contributed by atoms with Gasteiger partial charge in [0.25, 0.3) is 10.0 Å².